The van der Waals surface area contributed by atoms with E-state index >= 15 is 0 Å². The number of aryl methyl sites for hydroxylation is 1. The van der Waals surface area contributed by atoms with E-state index in [1.807, 2.05) is 4.90 Å². The largest absolute Gasteiger partial charge is 0.465 e. The first-order chi connectivity index (χ1) is 20.8. The molecule has 3 aromatic rings. The molecule has 1 aromatic heterocycles. The van der Waals surface area contributed by atoms with Crippen molar-refractivity contribution in [3.05, 3.63) is 65.7 Å². The smallest absolute Gasteiger partial charge is 0.407 e. The fourth-order valence-corrected chi connectivity index (χ4v) is 8.91. The van der Waals surface area contributed by atoms with Gasteiger partial charge in [-0.05, 0) is 106 Å². The third-order valence-electron chi connectivity index (χ3n) is 11.1. The maximum Gasteiger partial charge on any atom is 0.407 e. The quantitative estimate of drug-likeness (QED) is 0.398. The Kier molecular flexibility index (Phi) is 7.40. The van der Waals surface area contributed by atoms with Crippen LogP contribution in [0.1, 0.15) is 75.2 Å². The van der Waals surface area contributed by atoms with Crippen LogP contribution in [0.4, 0.5) is 9.18 Å². The van der Waals surface area contributed by atoms with E-state index in [9.17, 15) is 19.1 Å². The highest BCUT2D eigenvalue weighted by Crippen LogP contribution is 2.45. The molecular formula is C34H42FN5O3. The van der Waals surface area contributed by atoms with Gasteiger partial charge in [-0.2, -0.15) is 0 Å². The number of piperidine rings is 2. The minimum Gasteiger partial charge on any atom is -0.465 e. The molecule has 4 aliphatic rings. The van der Waals surface area contributed by atoms with Crippen LogP contribution in [0.2, 0.25) is 0 Å². The van der Waals surface area contributed by atoms with Gasteiger partial charge in [-0.15, -0.1) is 0 Å². The number of hydrogen-bond donors (Lipinski definition) is 1. The van der Waals surface area contributed by atoms with E-state index in [-0.39, 0.29) is 17.1 Å². The fraction of sp³-hybridized carbons (Fsp3) is 0.559. The molecule has 2 aromatic carbocycles. The van der Waals surface area contributed by atoms with Gasteiger partial charge in [0, 0.05) is 37.8 Å². The summed E-state index contributed by atoms with van der Waals surface area (Å²) >= 11 is 0. The van der Waals surface area contributed by atoms with E-state index in [4.69, 9.17) is 4.98 Å². The highest BCUT2D eigenvalue weighted by Gasteiger charge is 2.45. The van der Waals surface area contributed by atoms with Gasteiger partial charge in [0.2, 0.25) is 5.91 Å². The first kappa shape index (κ1) is 28.3. The predicted molar refractivity (Wildman–Crippen MR) is 163 cm³/mol. The van der Waals surface area contributed by atoms with Crippen molar-refractivity contribution in [3.63, 3.8) is 0 Å². The third kappa shape index (κ3) is 5.09. The van der Waals surface area contributed by atoms with Crippen LogP contribution in [0.5, 0.6) is 0 Å². The fourth-order valence-electron chi connectivity index (χ4n) is 8.91. The maximum absolute atomic E-state index is 14.5. The van der Waals surface area contributed by atoms with Crippen molar-refractivity contribution in [1.82, 2.24) is 24.3 Å². The Morgan fingerprint density at radius 2 is 1.72 bits per heavy atom. The number of imidazole rings is 1. The first-order valence-electron chi connectivity index (χ1n) is 16.1. The Balaban J connectivity index is 1.06. The average Bonchev–Trinajstić information content (AvgIpc) is 3.69. The minimum atomic E-state index is -1.02. The topological polar surface area (TPSA) is 81.9 Å². The normalized spacial score (nSPS) is 27.2. The van der Waals surface area contributed by atoms with Crippen LogP contribution in [0, 0.1) is 12.7 Å². The van der Waals surface area contributed by atoms with Gasteiger partial charge in [0.15, 0.2) is 0 Å². The number of amides is 2. The summed E-state index contributed by atoms with van der Waals surface area (Å²) in [7, 11) is 0. The molecule has 0 spiro atoms. The molecule has 4 atom stereocenters. The summed E-state index contributed by atoms with van der Waals surface area (Å²) in [5.74, 6) is 0.798. The Hall–Kier alpha value is -3.46. The highest BCUT2D eigenvalue weighted by molar-refractivity contribution is 5.86. The van der Waals surface area contributed by atoms with Crippen molar-refractivity contribution in [2.75, 3.05) is 26.2 Å². The molecule has 1 unspecified atom stereocenters. The van der Waals surface area contributed by atoms with E-state index in [1.54, 1.807) is 12.1 Å². The van der Waals surface area contributed by atoms with Crippen molar-refractivity contribution >= 4 is 23.0 Å². The van der Waals surface area contributed by atoms with Crippen molar-refractivity contribution in [2.24, 2.45) is 0 Å². The zero-order valence-corrected chi connectivity index (χ0v) is 25.0. The number of likely N-dealkylation sites (tertiary alicyclic amines) is 2. The molecule has 2 amide bonds. The lowest BCUT2D eigenvalue weighted by molar-refractivity contribution is -0.137. The number of carboxylic acid groups (broad SMARTS) is 1. The molecule has 4 saturated heterocycles. The Labute approximate surface area is 252 Å². The SMILES string of the molecule is Cc1nc2ccccc2n1C1C[C@H]2CC[C@@H](C1)N2CCC1(c2cccc(F)c2)CCN(C(=O)[C@@H]2CCCN2C(=O)O)CC1. The lowest BCUT2D eigenvalue weighted by atomic mass is 9.70. The summed E-state index contributed by atoms with van der Waals surface area (Å²) in [4.78, 5) is 35.8. The number of fused-ring (bicyclic) bond motifs is 3. The van der Waals surface area contributed by atoms with Crippen LogP contribution in [0.15, 0.2) is 48.5 Å². The maximum atomic E-state index is 14.5. The summed E-state index contributed by atoms with van der Waals surface area (Å²) in [5, 5.41) is 9.57. The summed E-state index contributed by atoms with van der Waals surface area (Å²) in [6.45, 7) is 4.65. The van der Waals surface area contributed by atoms with E-state index in [1.165, 1.54) is 29.3 Å². The zero-order valence-electron chi connectivity index (χ0n) is 25.0. The molecule has 4 fully saturated rings. The van der Waals surface area contributed by atoms with Crippen molar-refractivity contribution in [3.8, 4) is 0 Å². The highest BCUT2D eigenvalue weighted by atomic mass is 19.1. The molecule has 0 radical (unpaired) electrons. The number of para-hydroxylation sites is 2. The molecule has 1 N–H and O–H groups in total. The Bertz CT molecular complexity index is 1500. The lowest BCUT2D eigenvalue weighted by Gasteiger charge is -2.46. The van der Waals surface area contributed by atoms with Gasteiger partial charge < -0.3 is 14.6 Å². The zero-order chi connectivity index (χ0) is 29.7. The Morgan fingerprint density at radius 1 is 0.977 bits per heavy atom. The Morgan fingerprint density at radius 3 is 2.44 bits per heavy atom. The van der Waals surface area contributed by atoms with E-state index in [2.05, 4.69) is 46.7 Å². The molecule has 0 saturated carbocycles. The number of benzene rings is 2. The number of carbonyl (C=O) groups excluding carboxylic acids is 1. The molecule has 8 nitrogen and oxygen atoms in total. The molecule has 228 valence electrons. The second kappa shape index (κ2) is 11.2. The van der Waals surface area contributed by atoms with E-state index in [0.29, 0.717) is 44.2 Å². The standard InChI is InChI=1S/C34H42FN5O3/c1-23-36-29-8-2-3-9-30(29)40(23)28-21-26-11-12-27(22-28)38(26)19-15-34(24-6-4-7-25(35)20-24)13-17-37(18-14-34)32(41)31-10-5-16-39(31)33(42)43/h2-4,6-9,20,26-28,31H,5,10-19,21-22H2,1H3,(H,42,43)/t26-,27+,28?,31-/m0/s1. The van der Waals surface area contributed by atoms with Gasteiger partial charge in [-0.1, -0.05) is 24.3 Å². The number of hydrogen-bond acceptors (Lipinski definition) is 4. The molecule has 2 bridgehead atoms. The molecule has 4 aliphatic heterocycles. The number of nitrogens with zero attached hydrogens (tertiary/aromatic N) is 5. The van der Waals surface area contributed by atoms with Gasteiger partial charge in [0.05, 0.1) is 11.0 Å². The number of carbonyl (C=O) groups is 2. The minimum absolute atomic E-state index is 0.0739. The average molecular weight is 588 g/mol. The summed E-state index contributed by atoms with van der Waals surface area (Å²) in [6.07, 6.45) is 7.39. The van der Waals surface area contributed by atoms with Crippen LogP contribution >= 0.6 is 0 Å². The predicted octanol–water partition coefficient (Wildman–Crippen LogP) is 5.74. The van der Waals surface area contributed by atoms with Gasteiger partial charge >= 0.3 is 6.09 Å². The van der Waals surface area contributed by atoms with Gasteiger partial charge in [0.1, 0.15) is 17.7 Å². The van der Waals surface area contributed by atoms with Crippen LogP contribution in [0.25, 0.3) is 11.0 Å². The second-order valence-electron chi connectivity index (χ2n) is 13.3. The second-order valence-corrected chi connectivity index (χ2v) is 13.3. The van der Waals surface area contributed by atoms with Gasteiger partial charge in [0.25, 0.3) is 0 Å². The van der Waals surface area contributed by atoms with Crippen molar-refractivity contribution in [1.29, 1.82) is 0 Å². The van der Waals surface area contributed by atoms with E-state index < -0.39 is 12.1 Å². The molecular weight excluding hydrogens is 545 g/mol. The van der Waals surface area contributed by atoms with Crippen LogP contribution in [0.3, 0.4) is 0 Å². The monoisotopic (exact) mass is 587 g/mol. The summed E-state index contributed by atoms with van der Waals surface area (Å²) in [6, 6.07) is 16.4. The van der Waals surface area contributed by atoms with Gasteiger partial charge in [-0.3, -0.25) is 14.6 Å². The van der Waals surface area contributed by atoms with Crippen LogP contribution < -0.4 is 0 Å². The van der Waals surface area contributed by atoms with E-state index in [0.717, 1.165) is 62.0 Å². The molecule has 9 heteroatoms. The van der Waals surface area contributed by atoms with Crippen LogP contribution in [-0.2, 0) is 10.2 Å². The number of aromatic nitrogens is 2. The molecule has 7 rings (SSSR count). The molecule has 43 heavy (non-hydrogen) atoms. The van der Waals surface area contributed by atoms with Crippen LogP contribution in [-0.4, -0.2) is 85.7 Å². The molecule has 5 heterocycles. The summed E-state index contributed by atoms with van der Waals surface area (Å²) in [5.41, 5.74) is 3.11. The van der Waals surface area contributed by atoms with Crippen molar-refractivity contribution in [2.45, 2.75) is 94.3 Å². The third-order valence-corrected chi connectivity index (χ3v) is 11.1. The van der Waals surface area contributed by atoms with Gasteiger partial charge in [-0.25, -0.2) is 14.2 Å². The lowest BCUT2D eigenvalue weighted by Crippen LogP contribution is -2.53. The van der Waals surface area contributed by atoms with Crippen molar-refractivity contribution < 1.29 is 19.1 Å². The first-order valence-corrected chi connectivity index (χ1v) is 16.1. The summed E-state index contributed by atoms with van der Waals surface area (Å²) < 4.78 is 17.0. The molecule has 0 aliphatic carbocycles. The number of halogens is 1. The number of rotatable bonds is 6.